The smallest absolute Gasteiger partial charge is 0.347 e. The molecule has 0 spiro atoms. The van der Waals surface area contributed by atoms with Crippen molar-refractivity contribution in [1.29, 1.82) is 5.26 Å². The zero-order valence-electron chi connectivity index (χ0n) is 10.1. The fourth-order valence-electron chi connectivity index (χ4n) is 1.38. The highest BCUT2D eigenvalue weighted by molar-refractivity contribution is 8.08. The first-order valence-electron chi connectivity index (χ1n) is 5.44. The van der Waals surface area contributed by atoms with Crippen LogP contribution in [0.15, 0.2) is 40.9 Å². The lowest BCUT2D eigenvalue weighted by molar-refractivity contribution is -0.137. The van der Waals surface area contributed by atoms with Gasteiger partial charge in [0, 0.05) is 12.1 Å². The number of nitrogens with two attached hydrogens (primary N) is 1. The van der Waals surface area contributed by atoms with Crippen LogP contribution in [-0.2, 0) is 16.0 Å². The number of hydrogen-bond acceptors (Lipinski definition) is 5. The maximum Gasteiger partial charge on any atom is 0.347 e. The van der Waals surface area contributed by atoms with E-state index < -0.39 is 5.97 Å². The minimum absolute atomic E-state index is 0.170. The van der Waals surface area contributed by atoms with Gasteiger partial charge in [0.15, 0.2) is 0 Å². The number of nitrogens with zero attached hydrogens (tertiary/aromatic N) is 1. The molecule has 0 fully saturated rings. The van der Waals surface area contributed by atoms with E-state index in [-0.39, 0.29) is 11.5 Å². The van der Waals surface area contributed by atoms with E-state index in [4.69, 9.17) is 15.7 Å². The molecule has 4 nitrogen and oxygen atoms in total. The minimum atomic E-state index is -0.544. The maximum atomic E-state index is 11.6. The first-order valence-corrected chi connectivity index (χ1v) is 6.26. The molecule has 0 unspecified atom stereocenters. The molecule has 0 saturated heterocycles. The Balaban J connectivity index is 2.90. The summed E-state index contributed by atoms with van der Waals surface area (Å²) in [5.41, 5.74) is 7.21. The molecule has 0 heterocycles. The summed E-state index contributed by atoms with van der Waals surface area (Å²) in [5.74, 6) is -0.544. The van der Waals surface area contributed by atoms with Crippen LogP contribution in [0.1, 0.15) is 12.5 Å². The molecule has 0 aromatic heterocycles. The Kier molecular flexibility index (Phi) is 5.81. The van der Waals surface area contributed by atoms with Crippen molar-refractivity contribution in [3.8, 4) is 5.40 Å². The van der Waals surface area contributed by atoms with Crippen LogP contribution in [0.5, 0.6) is 0 Å². The van der Waals surface area contributed by atoms with Crippen LogP contribution >= 0.6 is 11.8 Å². The number of rotatable bonds is 5. The van der Waals surface area contributed by atoms with Crippen LogP contribution < -0.4 is 5.73 Å². The highest BCUT2D eigenvalue weighted by Gasteiger charge is 2.16. The number of ether oxygens (including phenoxy) is 1. The summed E-state index contributed by atoms with van der Waals surface area (Å²) >= 11 is 0.737. The molecule has 0 aliphatic rings. The van der Waals surface area contributed by atoms with Crippen molar-refractivity contribution in [1.82, 2.24) is 0 Å². The van der Waals surface area contributed by atoms with Crippen LogP contribution in [-0.4, -0.2) is 12.6 Å². The number of esters is 1. The summed E-state index contributed by atoms with van der Waals surface area (Å²) in [7, 11) is 0. The summed E-state index contributed by atoms with van der Waals surface area (Å²) in [6.45, 7) is 1.97. The van der Waals surface area contributed by atoms with Gasteiger partial charge >= 0.3 is 5.97 Å². The number of hydrogen-bond donors (Lipinski definition) is 1. The van der Waals surface area contributed by atoms with Gasteiger partial charge in [0.1, 0.15) is 10.3 Å². The van der Waals surface area contributed by atoms with Crippen molar-refractivity contribution in [2.75, 3.05) is 6.61 Å². The van der Waals surface area contributed by atoms with Crippen molar-refractivity contribution in [2.45, 2.75) is 13.3 Å². The largest absolute Gasteiger partial charge is 0.462 e. The first kappa shape index (κ1) is 14.1. The Morgan fingerprint density at radius 1 is 1.44 bits per heavy atom. The van der Waals surface area contributed by atoms with Crippen molar-refractivity contribution in [3.63, 3.8) is 0 Å². The van der Waals surface area contributed by atoms with Crippen LogP contribution in [0, 0.1) is 10.7 Å². The highest BCUT2D eigenvalue weighted by atomic mass is 32.2. The van der Waals surface area contributed by atoms with Crippen LogP contribution in [0.25, 0.3) is 0 Å². The number of carbonyl (C=O) groups excluding carboxylic acids is 1. The molecule has 0 radical (unpaired) electrons. The molecule has 0 atom stereocenters. The molecule has 1 rings (SSSR count). The monoisotopic (exact) mass is 262 g/mol. The lowest BCUT2D eigenvalue weighted by Crippen LogP contribution is -2.13. The molecule has 2 N–H and O–H groups in total. The van der Waals surface area contributed by atoms with Gasteiger partial charge in [0.25, 0.3) is 0 Å². The topological polar surface area (TPSA) is 76.1 Å². The summed E-state index contributed by atoms with van der Waals surface area (Å²) < 4.78 is 4.87. The Morgan fingerprint density at radius 3 is 2.67 bits per heavy atom. The minimum Gasteiger partial charge on any atom is -0.462 e. The SMILES string of the molecule is CCOC(=O)C(SC#N)=C(N)Cc1ccccc1. The Labute approximate surface area is 110 Å². The lowest BCUT2D eigenvalue weighted by Gasteiger charge is -2.07. The third-order valence-electron chi connectivity index (χ3n) is 2.14. The van der Waals surface area contributed by atoms with Gasteiger partial charge in [-0.15, -0.1) is 0 Å². The molecule has 94 valence electrons. The Morgan fingerprint density at radius 2 is 2.11 bits per heavy atom. The Bertz CT molecular complexity index is 478. The van der Waals surface area contributed by atoms with E-state index in [1.165, 1.54) is 0 Å². The van der Waals surface area contributed by atoms with Gasteiger partial charge in [-0.3, -0.25) is 0 Å². The molecule has 0 amide bonds. The molecule has 1 aromatic rings. The van der Waals surface area contributed by atoms with E-state index in [9.17, 15) is 4.79 Å². The van der Waals surface area contributed by atoms with Gasteiger partial charge in [-0.05, 0) is 24.2 Å². The van der Waals surface area contributed by atoms with E-state index in [0.717, 1.165) is 17.3 Å². The molecule has 0 bridgehead atoms. The number of thioether (sulfide) groups is 1. The summed E-state index contributed by atoms with van der Waals surface area (Å²) in [6, 6.07) is 9.51. The van der Waals surface area contributed by atoms with Crippen molar-refractivity contribution in [3.05, 3.63) is 46.5 Å². The van der Waals surface area contributed by atoms with E-state index in [2.05, 4.69) is 0 Å². The first-order chi connectivity index (χ1) is 8.69. The van der Waals surface area contributed by atoms with Gasteiger partial charge in [-0.25, -0.2) is 4.79 Å². The number of allylic oxidation sites excluding steroid dienone is 1. The molecule has 5 heteroatoms. The number of nitriles is 1. The second-order valence-electron chi connectivity index (χ2n) is 3.43. The average molecular weight is 262 g/mol. The standard InChI is InChI=1S/C13H14N2O2S/c1-2-17-13(16)12(18-9-14)11(15)8-10-6-4-3-5-7-10/h3-7H,2,8,15H2,1H3. The molecular weight excluding hydrogens is 248 g/mol. The van der Waals surface area contributed by atoms with Crippen LogP contribution in [0.3, 0.4) is 0 Å². The van der Waals surface area contributed by atoms with Crippen molar-refractivity contribution < 1.29 is 9.53 Å². The van der Waals surface area contributed by atoms with Gasteiger partial charge in [-0.1, -0.05) is 30.3 Å². The summed E-state index contributed by atoms with van der Waals surface area (Å²) in [5, 5.41) is 10.5. The van der Waals surface area contributed by atoms with Gasteiger partial charge < -0.3 is 10.5 Å². The molecule has 0 aliphatic carbocycles. The summed E-state index contributed by atoms with van der Waals surface area (Å²) in [6.07, 6.45) is 0.420. The molecule has 0 aliphatic heterocycles. The third-order valence-corrected chi connectivity index (χ3v) is 2.86. The number of thiocyanates is 1. The quantitative estimate of drug-likeness (QED) is 0.500. The third kappa shape index (κ3) is 4.15. The van der Waals surface area contributed by atoms with Crippen LogP contribution in [0.4, 0.5) is 0 Å². The fourth-order valence-corrected chi connectivity index (χ4v) is 1.81. The van der Waals surface area contributed by atoms with Gasteiger partial charge in [0.2, 0.25) is 0 Å². The Hall–Kier alpha value is -1.93. The normalized spacial score (nSPS) is 11.3. The zero-order valence-corrected chi connectivity index (χ0v) is 10.9. The van der Waals surface area contributed by atoms with Crippen LogP contribution in [0.2, 0.25) is 0 Å². The van der Waals surface area contributed by atoms with E-state index >= 15 is 0 Å². The lowest BCUT2D eigenvalue weighted by atomic mass is 10.1. The predicted molar refractivity (Wildman–Crippen MR) is 71.2 cm³/mol. The molecular formula is C13H14N2O2S. The second kappa shape index (κ2) is 7.41. The molecule has 0 saturated carbocycles. The van der Waals surface area contributed by atoms with Crippen molar-refractivity contribution >= 4 is 17.7 Å². The molecule has 1 aromatic carbocycles. The van der Waals surface area contributed by atoms with Gasteiger partial charge in [-0.2, -0.15) is 5.26 Å². The van der Waals surface area contributed by atoms with E-state index in [1.54, 1.807) is 6.92 Å². The number of carbonyl (C=O) groups is 1. The van der Waals surface area contributed by atoms with E-state index in [1.807, 2.05) is 35.7 Å². The zero-order chi connectivity index (χ0) is 13.4. The fraction of sp³-hybridized carbons (Fsp3) is 0.231. The van der Waals surface area contributed by atoms with Gasteiger partial charge in [0.05, 0.1) is 6.61 Å². The predicted octanol–water partition coefficient (Wildman–Crippen LogP) is 2.18. The van der Waals surface area contributed by atoms with E-state index in [0.29, 0.717) is 12.1 Å². The maximum absolute atomic E-state index is 11.6. The average Bonchev–Trinajstić information content (AvgIpc) is 2.37. The molecule has 18 heavy (non-hydrogen) atoms. The summed E-state index contributed by atoms with van der Waals surface area (Å²) in [4.78, 5) is 11.8. The number of benzene rings is 1. The highest BCUT2D eigenvalue weighted by Crippen LogP contribution is 2.20. The van der Waals surface area contributed by atoms with Crippen molar-refractivity contribution in [2.24, 2.45) is 5.73 Å². The second-order valence-corrected chi connectivity index (χ2v) is 4.23.